The zero-order chi connectivity index (χ0) is 28.6. The number of primary amides is 1. The summed E-state index contributed by atoms with van der Waals surface area (Å²) in [6, 6.07) is 15.6. The summed E-state index contributed by atoms with van der Waals surface area (Å²) < 4.78 is 33.5. The second-order valence-corrected chi connectivity index (χ2v) is 8.41. The van der Waals surface area contributed by atoms with E-state index in [1.165, 1.54) is 10.1 Å². The normalized spacial score (nSPS) is 11.0. The number of nitrogen functional groups attached to an aromatic ring is 1. The SMILES string of the molecule is Cc1cnc(NCCc2ccccc2)c(=O)n1CC(=O)NCc1ccc2nc(N)[nH]c2c1.NC(=O)C(F)(F)F. The van der Waals surface area contributed by atoms with Crippen molar-refractivity contribution in [2.24, 2.45) is 5.73 Å². The smallest absolute Gasteiger partial charge is 0.369 e. The van der Waals surface area contributed by atoms with Gasteiger partial charge in [-0.15, -0.1) is 0 Å². The van der Waals surface area contributed by atoms with Crippen molar-refractivity contribution in [2.45, 2.75) is 32.6 Å². The molecule has 0 spiro atoms. The molecule has 2 aromatic heterocycles. The second kappa shape index (κ2) is 12.6. The maximum absolute atomic E-state index is 12.8. The summed E-state index contributed by atoms with van der Waals surface area (Å²) >= 11 is 0. The topological polar surface area (TPSA) is 174 Å². The number of alkyl halides is 3. The number of carbonyl (C=O) groups is 2. The van der Waals surface area contributed by atoms with E-state index < -0.39 is 12.1 Å². The maximum atomic E-state index is 12.8. The summed E-state index contributed by atoms with van der Waals surface area (Å²) in [5.41, 5.74) is 13.4. The fourth-order valence-corrected chi connectivity index (χ4v) is 3.45. The van der Waals surface area contributed by atoms with Crippen LogP contribution in [-0.4, -0.2) is 44.1 Å². The standard InChI is InChI=1S/C23H25N7O2.C2H2F3NO/c1-15-12-27-21(25-10-9-16-5-3-2-4-6-16)22(32)30(15)14-20(31)26-13-17-7-8-18-19(11-17)29-23(24)28-18;3-2(4,5)1(6)7/h2-8,11-12H,9-10,13-14H2,1H3,(H,25,27)(H,26,31)(H3,24,28,29);(H2,6,7). The minimum atomic E-state index is -4.86. The highest BCUT2D eigenvalue weighted by molar-refractivity contribution is 5.80. The Morgan fingerprint density at radius 3 is 2.46 bits per heavy atom. The highest BCUT2D eigenvalue weighted by Gasteiger charge is 2.35. The molecule has 4 rings (SSSR count). The van der Waals surface area contributed by atoms with Crippen LogP contribution in [0.25, 0.3) is 11.0 Å². The largest absolute Gasteiger partial charge is 0.470 e. The summed E-state index contributed by atoms with van der Waals surface area (Å²) in [5.74, 6) is -1.93. The lowest BCUT2D eigenvalue weighted by molar-refractivity contribution is -0.169. The number of aromatic nitrogens is 4. The first-order valence-electron chi connectivity index (χ1n) is 11.7. The average molecular weight is 545 g/mol. The van der Waals surface area contributed by atoms with Crippen LogP contribution >= 0.6 is 0 Å². The molecule has 2 heterocycles. The lowest BCUT2D eigenvalue weighted by atomic mass is 10.1. The third-order valence-electron chi connectivity index (χ3n) is 5.44. The molecule has 0 atom stereocenters. The molecule has 2 amide bonds. The highest BCUT2D eigenvalue weighted by atomic mass is 19.4. The van der Waals surface area contributed by atoms with E-state index in [0.717, 1.165) is 23.0 Å². The van der Waals surface area contributed by atoms with Crippen molar-refractivity contribution in [3.63, 3.8) is 0 Å². The molecule has 0 saturated carbocycles. The van der Waals surface area contributed by atoms with Crippen molar-refractivity contribution >= 4 is 34.6 Å². The molecular formula is C25H27F3N8O3. The molecule has 2 aromatic carbocycles. The number of nitrogens with one attached hydrogen (secondary N) is 3. The molecule has 14 heteroatoms. The molecule has 39 heavy (non-hydrogen) atoms. The summed E-state index contributed by atoms with van der Waals surface area (Å²) in [5, 5.41) is 5.94. The molecule has 206 valence electrons. The molecule has 0 aliphatic heterocycles. The molecule has 0 bridgehead atoms. The van der Waals surface area contributed by atoms with Crippen molar-refractivity contribution in [1.82, 2.24) is 24.8 Å². The van der Waals surface area contributed by atoms with Crippen LogP contribution in [0.15, 0.2) is 59.5 Å². The quantitative estimate of drug-likeness (QED) is 0.226. The number of hydrogen-bond donors (Lipinski definition) is 5. The van der Waals surface area contributed by atoms with E-state index >= 15 is 0 Å². The number of nitrogens with zero attached hydrogens (tertiary/aromatic N) is 3. The van der Waals surface area contributed by atoms with E-state index in [1.807, 2.05) is 48.5 Å². The first-order chi connectivity index (χ1) is 18.4. The summed E-state index contributed by atoms with van der Waals surface area (Å²) in [4.78, 5) is 45.8. The lowest BCUT2D eigenvalue weighted by Crippen LogP contribution is -2.34. The van der Waals surface area contributed by atoms with Gasteiger partial charge in [-0.25, -0.2) is 9.97 Å². The molecule has 0 aliphatic rings. The first kappa shape index (κ1) is 28.7. The number of anilines is 2. The van der Waals surface area contributed by atoms with Crippen molar-refractivity contribution in [1.29, 1.82) is 0 Å². The minimum Gasteiger partial charge on any atom is -0.369 e. The Morgan fingerprint density at radius 1 is 1.10 bits per heavy atom. The van der Waals surface area contributed by atoms with Gasteiger partial charge >= 0.3 is 12.1 Å². The Bertz CT molecular complexity index is 1500. The predicted octanol–water partition coefficient (Wildman–Crippen LogP) is 2.02. The number of rotatable bonds is 8. The van der Waals surface area contributed by atoms with Gasteiger partial charge in [0.2, 0.25) is 5.91 Å². The van der Waals surface area contributed by atoms with Gasteiger partial charge in [0.15, 0.2) is 11.8 Å². The maximum Gasteiger partial charge on any atom is 0.470 e. The zero-order valence-electron chi connectivity index (χ0n) is 20.9. The number of H-pyrrole nitrogens is 1. The van der Waals surface area contributed by atoms with Gasteiger partial charge in [-0.1, -0.05) is 36.4 Å². The second-order valence-electron chi connectivity index (χ2n) is 8.41. The molecule has 4 aromatic rings. The van der Waals surface area contributed by atoms with Gasteiger partial charge in [-0.05, 0) is 36.6 Å². The minimum absolute atomic E-state index is 0.0835. The Morgan fingerprint density at radius 2 is 1.79 bits per heavy atom. The van der Waals surface area contributed by atoms with Crippen LogP contribution < -0.4 is 27.7 Å². The fourth-order valence-electron chi connectivity index (χ4n) is 3.45. The van der Waals surface area contributed by atoms with Crippen molar-refractivity contribution < 1.29 is 22.8 Å². The number of carbonyl (C=O) groups excluding carboxylic acids is 2. The number of aryl methyl sites for hydroxylation is 1. The molecule has 0 saturated heterocycles. The van der Waals surface area contributed by atoms with Gasteiger partial charge in [-0.2, -0.15) is 13.2 Å². The van der Waals surface area contributed by atoms with Crippen LogP contribution in [-0.2, 0) is 29.1 Å². The van der Waals surface area contributed by atoms with Gasteiger partial charge in [0.25, 0.3) is 5.56 Å². The van der Waals surface area contributed by atoms with Gasteiger partial charge in [0.1, 0.15) is 6.54 Å². The third kappa shape index (κ3) is 8.31. The van der Waals surface area contributed by atoms with Gasteiger partial charge in [-0.3, -0.25) is 19.0 Å². The van der Waals surface area contributed by atoms with Crippen LogP contribution in [0.5, 0.6) is 0 Å². The van der Waals surface area contributed by atoms with E-state index in [2.05, 4.69) is 31.3 Å². The van der Waals surface area contributed by atoms with E-state index in [1.54, 1.807) is 13.1 Å². The monoisotopic (exact) mass is 544 g/mol. The molecule has 0 unspecified atom stereocenters. The molecule has 7 N–H and O–H groups in total. The lowest BCUT2D eigenvalue weighted by Gasteiger charge is -2.13. The van der Waals surface area contributed by atoms with Crippen LogP contribution in [0, 0.1) is 6.92 Å². The van der Waals surface area contributed by atoms with Crippen LogP contribution in [0.3, 0.4) is 0 Å². The predicted molar refractivity (Wildman–Crippen MR) is 139 cm³/mol. The Balaban J connectivity index is 0.000000532. The summed E-state index contributed by atoms with van der Waals surface area (Å²) in [7, 11) is 0. The first-order valence-corrected chi connectivity index (χ1v) is 11.7. The Labute approximate surface area is 220 Å². The Hall–Kier alpha value is -4.88. The van der Waals surface area contributed by atoms with Gasteiger partial charge in [0.05, 0.1) is 11.0 Å². The summed E-state index contributed by atoms with van der Waals surface area (Å²) in [6.45, 7) is 2.57. The van der Waals surface area contributed by atoms with Crippen LogP contribution in [0.4, 0.5) is 24.9 Å². The number of aromatic amines is 1. The third-order valence-corrected chi connectivity index (χ3v) is 5.44. The van der Waals surface area contributed by atoms with E-state index in [0.29, 0.717) is 24.7 Å². The Kier molecular flexibility index (Phi) is 9.25. The fraction of sp³-hybridized carbons (Fsp3) is 0.240. The van der Waals surface area contributed by atoms with E-state index in [9.17, 15) is 22.8 Å². The number of halogens is 3. The average Bonchev–Trinajstić information content (AvgIpc) is 3.26. The molecule has 11 nitrogen and oxygen atoms in total. The molecule has 0 aliphatic carbocycles. The van der Waals surface area contributed by atoms with Gasteiger partial charge < -0.3 is 27.1 Å². The number of fused-ring (bicyclic) bond motifs is 1. The molecule has 0 radical (unpaired) electrons. The van der Waals surface area contributed by atoms with Crippen LogP contribution in [0.1, 0.15) is 16.8 Å². The molecule has 0 fully saturated rings. The van der Waals surface area contributed by atoms with Crippen molar-refractivity contribution in [3.8, 4) is 0 Å². The van der Waals surface area contributed by atoms with Crippen LogP contribution in [0.2, 0.25) is 0 Å². The van der Waals surface area contributed by atoms with E-state index in [4.69, 9.17) is 10.5 Å². The van der Waals surface area contributed by atoms with Gasteiger partial charge in [0, 0.05) is 25.0 Å². The van der Waals surface area contributed by atoms with Crippen molar-refractivity contribution in [3.05, 3.63) is 81.9 Å². The van der Waals surface area contributed by atoms with Crippen molar-refractivity contribution in [2.75, 3.05) is 17.6 Å². The van der Waals surface area contributed by atoms with E-state index in [-0.39, 0.29) is 23.8 Å². The zero-order valence-corrected chi connectivity index (χ0v) is 20.9. The highest BCUT2D eigenvalue weighted by Crippen LogP contribution is 2.14. The molecular weight excluding hydrogens is 517 g/mol. The number of benzene rings is 2. The number of amides is 2. The number of nitrogens with two attached hydrogens (primary N) is 2. The number of hydrogen-bond acceptors (Lipinski definition) is 7. The number of imidazole rings is 1. The summed E-state index contributed by atoms with van der Waals surface area (Å²) in [6.07, 6.45) is -2.50.